The Bertz CT molecular complexity index is 5310. The highest BCUT2D eigenvalue weighted by molar-refractivity contribution is 7.96. The van der Waals surface area contributed by atoms with Crippen LogP contribution in [0, 0.1) is 0 Å². The molecular formula is C96H146N8O16S8. The van der Waals surface area contributed by atoms with Crippen LogP contribution in [0.1, 0.15) is 364 Å². The molecule has 0 fully saturated rings. The van der Waals surface area contributed by atoms with E-state index in [1.165, 1.54) is 48.5 Å². The Kier molecular flexibility index (Phi) is 41.4. The summed E-state index contributed by atoms with van der Waals surface area (Å²) in [7, 11) is -36.3. The van der Waals surface area contributed by atoms with Crippen molar-refractivity contribution in [1.29, 1.82) is 0 Å². The van der Waals surface area contributed by atoms with Crippen LogP contribution in [0.4, 0.5) is 0 Å². The SMILES string of the molecule is CCCCCCCCS(=O)(=O)c1cc2c(cc1S(=O)(=O)CCCCCCCC)-c1nc-2nc2[nH]c(nc3nc(nc4[nH]c(n1)c1cc(S(=O)(=O)CCCCCCCC)c(S(=O)(=O)CCCCCCCC)cc41)-c1cc(S(=O)(=O)CCCCCCCC)c(S(=O)(=O)CCCCCCCC)cc1-3)c1cc(S(=O)(=O)CCCCCCCC)c(S(=O)(=O)CCCCCCCC)cc21. The number of hydrogen-bond acceptors (Lipinski definition) is 22. The molecule has 0 saturated heterocycles. The molecule has 0 spiro atoms. The molecular weight excluding hydrogens is 1780 g/mol. The van der Waals surface area contributed by atoms with Gasteiger partial charge in [0.05, 0.1) is 85.2 Å². The van der Waals surface area contributed by atoms with Crippen LogP contribution >= 0.6 is 0 Å². The molecule has 32 heteroatoms. The molecule has 0 radical (unpaired) electrons. The van der Waals surface area contributed by atoms with Crippen LogP contribution in [-0.2, 0) is 78.7 Å². The van der Waals surface area contributed by atoms with E-state index in [0.717, 1.165) is 205 Å². The molecule has 9 rings (SSSR count). The smallest absolute Gasteiger partial charge is 0.179 e. The minimum absolute atomic E-state index is 0.0422. The van der Waals surface area contributed by atoms with Crippen molar-refractivity contribution in [3.63, 3.8) is 0 Å². The summed E-state index contributed by atoms with van der Waals surface area (Å²) >= 11 is 0. The quantitative estimate of drug-likeness (QED) is 0.0334. The summed E-state index contributed by atoms with van der Waals surface area (Å²) < 4.78 is 247. The first-order chi connectivity index (χ1) is 61.2. The highest BCUT2D eigenvalue weighted by Gasteiger charge is 2.38. The maximum Gasteiger partial charge on any atom is 0.179 e. The molecule has 2 aliphatic heterocycles. The van der Waals surface area contributed by atoms with Gasteiger partial charge in [-0.1, -0.05) is 312 Å². The van der Waals surface area contributed by atoms with Crippen LogP contribution in [0.3, 0.4) is 0 Å². The van der Waals surface area contributed by atoms with Crippen LogP contribution in [0.2, 0.25) is 0 Å². The molecule has 128 heavy (non-hydrogen) atoms. The summed E-state index contributed by atoms with van der Waals surface area (Å²) in [5, 5.41) is -0.169. The van der Waals surface area contributed by atoms with E-state index in [-0.39, 0.29) is 141 Å². The van der Waals surface area contributed by atoms with Crippen molar-refractivity contribution >= 4 is 123 Å². The average Bonchev–Trinajstić information content (AvgIpc) is 1.56. The second-order valence-corrected chi connectivity index (χ2v) is 52.3. The van der Waals surface area contributed by atoms with Gasteiger partial charge < -0.3 is 9.97 Å². The molecule has 5 heterocycles. The lowest BCUT2D eigenvalue weighted by Gasteiger charge is -2.14. The van der Waals surface area contributed by atoms with Gasteiger partial charge in [0.1, 0.15) is 22.6 Å². The maximum absolute atomic E-state index is 15.5. The van der Waals surface area contributed by atoms with Gasteiger partial charge in [0.25, 0.3) is 0 Å². The zero-order chi connectivity index (χ0) is 92.8. The first kappa shape index (κ1) is 106. The maximum atomic E-state index is 15.5. The number of nitrogens with one attached hydrogen (secondary N) is 2. The molecule has 0 amide bonds. The molecule has 2 aliphatic rings. The van der Waals surface area contributed by atoms with Gasteiger partial charge in [-0.15, -0.1) is 0 Å². The number of sulfone groups is 8. The van der Waals surface area contributed by atoms with E-state index in [2.05, 4.69) is 65.4 Å². The zero-order valence-electron chi connectivity index (χ0n) is 77.7. The predicted molar refractivity (Wildman–Crippen MR) is 519 cm³/mol. The predicted octanol–water partition coefficient (Wildman–Crippen LogP) is 23.9. The van der Waals surface area contributed by atoms with Crippen molar-refractivity contribution < 1.29 is 67.3 Å². The average molecular weight is 1920 g/mol. The summed E-state index contributed by atoms with van der Waals surface area (Å²) in [6, 6.07) is 9.81. The molecule has 4 aromatic carbocycles. The van der Waals surface area contributed by atoms with E-state index in [1.807, 2.05) is 0 Å². The number of benzene rings is 4. The van der Waals surface area contributed by atoms with Gasteiger partial charge in [0.2, 0.25) is 0 Å². The van der Waals surface area contributed by atoms with Gasteiger partial charge in [-0.2, -0.15) is 0 Å². The van der Waals surface area contributed by atoms with Gasteiger partial charge in [-0.3, -0.25) is 0 Å². The van der Waals surface area contributed by atoms with E-state index in [1.54, 1.807) is 0 Å². The number of unbranched alkanes of at least 4 members (excludes halogenated alkanes) is 40. The van der Waals surface area contributed by atoms with E-state index >= 15 is 67.3 Å². The lowest BCUT2D eigenvalue weighted by atomic mass is 10.1. The van der Waals surface area contributed by atoms with Gasteiger partial charge in [-0.05, 0) is 99.9 Å². The fourth-order valence-electron chi connectivity index (χ4n) is 17.2. The highest BCUT2D eigenvalue weighted by atomic mass is 32.2. The van der Waals surface area contributed by atoms with E-state index in [9.17, 15) is 0 Å². The lowest BCUT2D eigenvalue weighted by molar-refractivity contribution is 0.572. The third-order valence-corrected chi connectivity index (χ3v) is 40.1. The molecule has 7 aromatic rings. The van der Waals surface area contributed by atoms with Crippen molar-refractivity contribution in [3.05, 3.63) is 48.5 Å². The standard InChI is InChI=1S/C96H146N8O16S8/c1-9-17-25-33-41-49-57-121(105,106)81-65-73-74(66-82(81)122(107,108)58-50-42-34-26-18-10-2)90-97-89(73)101-91-75-67-83(123(109,110)59-51-43-35-27-19-11-3)84(124(111,112)60-52-44-36-28-20-12-4)68-76(75)93(98-91)103-95-79-71-87(127(117,118)63-55-47-39-31-23-15-7)88(128(119,120)64-56-48-40-32-24-16-8)72-80(79)96(100-95)104-94-78-70-86(126(115,116)62-54-46-38-30-22-14-6)85(69-77(78)92(99-94)102-90)125(113,114)61-53-45-37-29-21-13-5/h65-72H,9-64H2,1-8H3,(H2,97,98,99,100,101,102,103,104). The number of aromatic nitrogens is 8. The number of hydrogen-bond donors (Lipinski definition) is 2. The largest absolute Gasteiger partial charge is 0.324 e. The molecule has 0 saturated carbocycles. The number of H-pyrrole nitrogens is 2. The monoisotopic (exact) mass is 1920 g/mol. The van der Waals surface area contributed by atoms with Crippen LogP contribution in [0.25, 0.3) is 89.7 Å². The summed E-state index contributed by atoms with van der Waals surface area (Å²) in [4.78, 5) is 33.3. The Morgan fingerprint density at radius 3 is 0.438 bits per heavy atom. The summed E-state index contributed by atoms with van der Waals surface area (Å²) in [6.07, 6.45) is 33.6. The molecule has 0 unspecified atom stereocenters. The van der Waals surface area contributed by atoms with Gasteiger partial charge >= 0.3 is 0 Å². The van der Waals surface area contributed by atoms with Crippen molar-refractivity contribution in [1.82, 2.24) is 39.9 Å². The normalized spacial score (nSPS) is 13.1. The fraction of sp³-hybridized carbons (Fsp3) is 0.667. The van der Waals surface area contributed by atoms with Gasteiger partial charge in [0, 0.05) is 43.8 Å². The molecule has 3 aromatic heterocycles. The second kappa shape index (κ2) is 50.2. The van der Waals surface area contributed by atoms with Crippen LogP contribution < -0.4 is 0 Å². The van der Waals surface area contributed by atoms with E-state index in [4.69, 9.17) is 29.9 Å². The molecule has 8 bridgehead atoms. The third-order valence-electron chi connectivity index (χ3n) is 24.9. The number of nitrogens with zero attached hydrogens (tertiary/aromatic N) is 6. The van der Waals surface area contributed by atoms with Crippen molar-refractivity contribution in [2.24, 2.45) is 0 Å². The highest BCUT2D eigenvalue weighted by Crippen LogP contribution is 2.45. The number of aromatic amines is 2. The molecule has 0 aliphatic carbocycles. The van der Waals surface area contributed by atoms with Crippen LogP contribution in [0.15, 0.2) is 87.7 Å². The zero-order valence-corrected chi connectivity index (χ0v) is 84.2. The van der Waals surface area contributed by atoms with Crippen LogP contribution in [-0.4, -0.2) is 153 Å². The van der Waals surface area contributed by atoms with E-state index < -0.39 is 164 Å². The van der Waals surface area contributed by atoms with Gasteiger partial charge in [0.15, 0.2) is 102 Å². The molecule has 2 N–H and O–H groups in total. The van der Waals surface area contributed by atoms with Crippen molar-refractivity contribution in [2.75, 3.05) is 46.0 Å². The Morgan fingerprint density at radius 2 is 0.297 bits per heavy atom. The lowest BCUT2D eigenvalue weighted by Crippen LogP contribution is -2.16. The van der Waals surface area contributed by atoms with Gasteiger partial charge in [-0.25, -0.2) is 97.2 Å². The number of fused-ring (bicyclic) bond motifs is 20. The summed E-state index contributed by atoms with van der Waals surface area (Å²) in [6.45, 7) is 16.6. The number of rotatable bonds is 64. The molecule has 24 nitrogen and oxygen atoms in total. The Morgan fingerprint density at radius 1 is 0.172 bits per heavy atom. The minimum atomic E-state index is -4.54. The first-order valence-electron chi connectivity index (χ1n) is 48.6. The topological polar surface area (TPSA) is 382 Å². The Balaban J connectivity index is 1.51. The second-order valence-electron chi connectivity index (χ2n) is 35.7. The summed E-state index contributed by atoms with van der Waals surface area (Å²) in [5.74, 6) is -4.76. The van der Waals surface area contributed by atoms with E-state index in [0.29, 0.717) is 51.4 Å². The van der Waals surface area contributed by atoms with Crippen LogP contribution in [0.5, 0.6) is 0 Å². The third kappa shape index (κ3) is 28.9. The molecule has 714 valence electrons. The fourth-order valence-corrected chi connectivity index (χ4v) is 32.0. The Labute approximate surface area is 766 Å². The summed E-state index contributed by atoms with van der Waals surface area (Å²) in [5.41, 5.74) is -1.18. The van der Waals surface area contributed by atoms with Crippen molar-refractivity contribution in [2.45, 2.75) is 403 Å². The molecule has 0 atom stereocenters. The van der Waals surface area contributed by atoms with Crippen molar-refractivity contribution in [3.8, 4) is 45.6 Å². The first-order valence-corrected chi connectivity index (χ1v) is 61.8. The minimum Gasteiger partial charge on any atom is -0.324 e. The Hall–Kier alpha value is -6.16.